The summed E-state index contributed by atoms with van der Waals surface area (Å²) in [5, 5.41) is 27.3. The van der Waals surface area contributed by atoms with Gasteiger partial charge in [0.2, 0.25) is 0 Å². The highest BCUT2D eigenvalue weighted by Gasteiger charge is 2.18. The molecule has 0 aliphatic rings. The van der Waals surface area contributed by atoms with Crippen molar-refractivity contribution >= 4 is 5.65 Å². The summed E-state index contributed by atoms with van der Waals surface area (Å²) >= 11 is 0. The van der Waals surface area contributed by atoms with E-state index in [-0.39, 0.29) is 19.8 Å². The van der Waals surface area contributed by atoms with Crippen LogP contribution in [0.1, 0.15) is 6.23 Å². The van der Waals surface area contributed by atoms with E-state index >= 15 is 0 Å². The fraction of sp³-hybridized carbons (Fsp3) is 0.455. The van der Waals surface area contributed by atoms with Crippen LogP contribution in [0.2, 0.25) is 0 Å². The molecule has 0 spiro atoms. The number of imidazole rings is 1. The Bertz CT molecular complexity index is 589. The predicted molar refractivity (Wildman–Crippen MR) is 64.6 cm³/mol. The molecular formula is C11H15N3O5. The first-order valence-corrected chi connectivity index (χ1v) is 5.73. The number of nitrogens with zero attached hydrogens (tertiary/aromatic N) is 3. The van der Waals surface area contributed by atoms with Gasteiger partial charge in [0, 0.05) is 18.6 Å². The van der Waals surface area contributed by atoms with Crippen LogP contribution >= 0.6 is 0 Å². The van der Waals surface area contributed by atoms with Gasteiger partial charge in [0.1, 0.15) is 11.8 Å². The molecule has 0 fully saturated rings. The number of aromatic nitrogens is 3. The Labute approximate surface area is 108 Å². The summed E-state index contributed by atoms with van der Waals surface area (Å²) < 4.78 is 8.20. The smallest absolute Gasteiger partial charge is 0.353 e. The van der Waals surface area contributed by atoms with E-state index in [1.807, 2.05) is 0 Å². The van der Waals surface area contributed by atoms with Crippen molar-refractivity contribution in [2.24, 2.45) is 0 Å². The van der Waals surface area contributed by atoms with Gasteiger partial charge >= 0.3 is 5.69 Å². The summed E-state index contributed by atoms with van der Waals surface area (Å²) in [6.07, 6.45) is 2.82. The molecule has 2 rings (SSSR count). The van der Waals surface area contributed by atoms with Crippen LogP contribution in [0.4, 0.5) is 0 Å². The number of aliphatic hydroxyl groups excluding tert-OH is 3. The quantitative estimate of drug-likeness (QED) is 0.580. The molecule has 0 saturated heterocycles. The van der Waals surface area contributed by atoms with Gasteiger partial charge in [-0.05, 0) is 6.07 Å². The summed E-state index contributed by atoms with van der Waals surface area (Å²) in [5.41, 5.74) is 0.0579. The van der Waals surface area contributed by atoms with Crippen LogP contribution in [0, 0.1) is 0 Å². The highest BCUT2D eigenvalue weighted by Crippen LogP contribution is 2.15. The fourth-order valence-corrected chi connectivity index (χ4v) is 1.78. The van der Waals surface area contributed by atoms with Gasteiger partial charge in [0.25, 0.3) is 0 Å². The SMILES string of the molecule is O=c1nccc2n([C@@H](CO)OC(CO)CO)ccn12. The first-order chi connectivity index (χ1) is 9.21. The molecule has 104 valence electrons. The molecule has 0 amide bonds. The molecule has 8 heteroatoms. The number of hydrogen-bond acceptors (Lipinski definition) is 6. The van der Waals surface area contributed by atoms with Gasteiger partial charge in [-0.25, -0.2) is 9.78 Å². The lowest BCUT2D eigenvalue weighted by Gasteiger charge is -2.22. The highest BCUT2D eigenvalue weighted by molar-refractivity contribution is 5.38. The zero-order valence-corrected chi connectivity index (χ0v) is 10.1. The average Bonchev–Trinajstić information content (AvgIpc) is 2.86. The van der Waals surface area contributed by atoms with Crippen LogP contribution < -0.4 is 5.69 Å². The molecule has 8 nitrogen and oxygen atoms in total. The number of aliphatic hydroxyl groups is 3. The van der Waals surface area contributed by atoms with Crippen LogP contribution in [0.15, 0.2) is 29.5 Å². The third-order valence-corrected chi connectivity index (χ3v) is 2.73. The minimum Gasteiger partial charge on any atom is -0.394 e. The van der Waals surface area contributed by atoms with E-state index in [4.69, 9.17) is 14.9 Å². The third kappa shape index (κ3) is 2.66. The molecule has 0 bridgehead atoms. The minimum atomic E-state index is -0.809. The van der Waals surface area contributed by atoms with Crippen molar-refractivity contribution in [3.8, 4) is 0 Å². The van der Waals surface area contributed by atoms with Crippen LogP contribution in [-0.4, -0.2) is 55.2 Å². The van der Waals surface area contributed by atoms with Gasteiger partial charge < -0.3 is 24.6 Å². The lowest BCUT2D eigenvalue weighted by atomic mass is 10.4. The lowest BCUT2D eigenvalue weighted by Crippen LogP contribution is -2.29. The predicted octanol–water partition coefficient (Wildman–Crippen LogP) is -1.64. The standard InChI is InChI=1S/C11H15N3O5/c15-5-8(6-16)19-10(7-17)13-3-4-14-9(13)1-2-12-11(14)18/h1-4,8,10,15-17H,5-7H2/t10-/m1/s1. The number of rotatable bonds is 6. The molecule has 0 aliphatic carbocycles. The maximum absolute atomic E-state index is 11.5. The van der Waals surface area contributed by atoms with E-state index in [0.29, 0.717) is 5.65 Å². The Kier molecular flexibility index (Phi) is 4.27. The van der Waals surface area contributed by atoms with Gasteiger partial charge in [-0.15, -0.1) is 0 Å². The fourth-order valence-electron chi connectivity index (χ4n) is 1.78. The summed E-state index contributed by atoms with van der Waals surface area (Å²) in [5.74, 6) is 0. The van der Waals surface area contributed by atoms with Crippen LogP contribution in [0.25, 0.3) is 5.65 Å². The van der Waals surface area contributed by atoms with Gasteiger partial charge in [0.15, 0.2) is 6.23 Å². The third-order valence-electron chi connectivity index (χ3n) is 2.73. The molecule has 19 heavy (non-hydrogen) atoms. The average molecular weight is 269 g/mol. The number of hydrogen-bond donors (Lipinski definition) is 3. The lowest BCUT2D eigenvalue weighted by molar-refractivity contribution is -0.110. The normalized spacial score (nSPS) is 13.3. The van der Waals surface area contributed by atoms with Crippen molar-refractivity contribution in [1.82, 2.24) is 14.0 Å². The Morgan fingerprint density at radius 3 is 2.58 bits per heavy atom. The molecule has 2 heterocycles. The second-order valence-electron chi connectivity index (χ2n) is 3.92. The zero-order valence-electron chi connectivity index (χ0n) is 10.1. The summed E-state index contributed by atoms with van der Waals surface area (Å²) in [6, 6.07) is 1.60. The molecule has 2 aromatic heterocycles. The Hall–Kier alpha value is -1.74. The van der Waals surface area contributed by atoms with Crippen molar-refractivity contribution in [3.05, 3.63) is 35.1 Å². The summed E-state index contributed by atoms with van der Waals surface area (Å²) in [6.45, 7) is -1.10. The molecule has 0 unspecified atom stereocenters. The van der Waals surface area contributed by atoms with E-state index in [1.165, 1.54) is 21.4 Å². The summed E-state index contributed by atoms with van der Waals surface area (Å²) in [7, 11) is 0. The maximum Gasteiger partial charge on any atom is 0.353 e. The minimum absolute atomic E-state index is 0.364. The van der Waals surface area contributed by atoms with Crippen molar-refractivity contribution in [2.75, 3.05) is 19.8 Å². The molecule has 3 N–H and O–H groups in total. The Morgan fingerprint density at radius 2 is 1.95 bits per heavy atom. The van der Waals surface area contributed by atoms with E-state index in [9.17, 15) is 9.90 Å². The van der Waals surface area contributed by atoms with E-state index in [2.05, 4.69) is 4.98 Å². The van der Waals surface area contributed by atoms with Crippen LogP contribution in [0.5, 0.6) is 0 Å². The molecule has 1 atom stereocenters. The first-order valence-electron chi connectivity index (χ1n) is 5.73. The molecule has 0 radical (unpaired) electrons. The van der Waals surface area contributed by atoms with Crippen LogP contribution in [0.3, 0.4) is 0 Å². The molecular weight excluding hydrogens is 254 g/mol. The van der Waals surface area contributed by atoms with Crippen molar-refractivity contribution < 1.29 is 20.1 Å². The second kappa shape index (κ2) is 5.93. The van der Waals surface area contributed by atoms with Gasteiger partial charge in [-0.3, -0.25) is 4.40 Å². The molecule has 2 aromatic rings. The topological polar surface area (TPSA) is 109 Å². The van der Waals surface area contributed by atoms with Gasteiger partial charge in [-0.2, -0.15) is 0 Å². The summed E-state index contributed by atoms with van der Waals surface area (Å²) in [4.78, 5) is 15.1. The number of ether oxygens (including phenoxy) is 1. The monoisotopic (exact) mass is 269 g/mol. The van der Waals surface area contributed by atoms with Crippen molar-refractivity contribution in [1.29, 1.82) is 0 Å². The first kappa shape index (κ1) is 13.7. The van der Waals surface area contributed by atoms with Crippen molar-refractivity contribution in [2.45, 2.75) is 12.3 Å². The Morgan fingerprint density at radius 1 is 1.21 bits per heavy atom. The van der Waals surface area contributed by atoms with Crippen LogP contribution in [-0.2, 0) is 4.74 Å². The van der Waals surface area contributed by atoms with Gasteiger partial charge in [0.05, 0.1) is 19.8 Å². The molecule has 0 aliphatic heterocycles. The largest absolute Gasteiger partial charge is 0.394 e. The van der Waals surface area contributed by atoms with E-state index in [0.717, 1.165) is 0 Å². The Balaban J connectivity index is 2.36. The van der Waals surface area contributed by atoms with E-state index < -0.39 is 18.0 Å². The number of fused-ring (bicyclic) bond motifs is 1. The second-order valence-corrected chi connectivity index (χ2v) is 3.92. The van der Waals surface area contributed by atoms with Crippen molar-refractivity contribution in [3.63, 3.8) is 0 Å². The zero-order chi connectivity index (χ0) is 13.8. The maximum atomic E-state index is 11.5. The molecule has 0 aromatic carbocycles. The van der Waals surface area contributed by atoms with Gasteiger partial charge in [-0.1, -0.05) is 0 Å². The van der Waals surface area contributed by atoms with E-state index in [1.54, 1.807) is 12.3 Å². The molecule has 0 saturated carbocycles. The highest BCUT2D eigenvalue weighted by atomic mass is 16.5.